The number of rotatable bonds is 3. The third-order valence-corrected chi connectivity index (χ3v) is 3.46. The monoisotopic (exact) mass is 295 g/mol. The molecule has 6 heteroatoms. The predicted octanol–water partition coefficient (Wildman–Crippen LogP) is 2.64. The fourth-order valence-corrected chi connectivity index (χ4v) is 2.35. The molecule has 0 atom stereocenters. The Bertz CT molecular complexity index is 901. The van der Waals surface area contributed by atoms with Crippen LogP contribution >= 0.6 is 0 Å². The molecule has 0 unspecified atom stereocenters. The third-order valence-electron chi connectivity index (χ3n) is 3.46. The first-order valence-electron chi connectivity index (χ1n) is 7.17. The minimum absolute atomic E-state index is 0.208. The van der Waals surface area contributed by atoms with E-state index in [1.807, 2.05) is 13.0 Å². The Morgan fingerprint density at radius 3 is 2.68 bits per heavy atom. The van der Waals surface area contributed by atoms with Crippen LogP contribution in [0.25, 0.3) is 10.9 Å². The van der Waals surface area contributed by atoms with Crippen molar-refractivity contribution in [1.29, 1.82) is 0 Å². The average molecular weight is 295 g/mol. The van der Waals surface area contributed by atoms with Crippen molar-refractivity contribution in [3.63, 3.8) is 0 Å². The molecule has 112 valence electrons. The number of H-pyrrole nitrogens is 1. The van der Waals surface area contributed by atoms with E-state index in [4.69, 9.17) is 0 Å². The van der Waals surface area contributed by atoms with Crippen LogP contribution in [0.2, 0.25) is 0 Å². The Hall–Kier alpha value is -2.76. The zero-order chi connectivity index (χ0) is 15.7. The third kappa shape index (κ3) is 2.81. The molecule has 0 fully saturated rings. The summed E-state index contributed by atoms with van der Waals surface area (Å²) < 4.78 is 0. The van der Waals surface area contributed by atoms with Gasteiger partial charge >= 0.3 is 0 Å². The van der Waals surface area contributed by atoms with Gasteiger partial charge < -0.3 is 0 Å². The van der Waals surface area contributed by atoms with Crippen LogP contribution in [-0.4, -0.2) is 19.9 Å². The highest BCUT2D eigenvalue weighted by molar-refractivity contribution is 5.82. The van der Waals surface area contributed by atoms with Gasteiger partial charge in [-0.05, 0) is 38.0 Å². The summed E-state index contributed by atoms with van der Waals surface area (Å²) in [7, 11) is 0. The van der Waals surface area contributed by atoms with Crippen molar-refractivity contribution in [1.82, 2.24) is 19.9 Å². The molecule has 2 heterocycles. The summed E-state index contributed by atoms with van der Waals surface area (Å²) in [6.07, 6.45) is 0.976. The van der Waals surface area contributed by atoms with Crippen molar-refractivity contribution >= 4 is 22.8 Å². The quantitative estimate of drug-likeness (QED) is 0.776. The summed E-state index contributed by atoms with van der Waals surface area (Å²) in [6.45, 7) is 5.83. The van der Waals surface area contributed by atoms with Gasteiger partial charge in [-0.3, -0.25) is 15.1 Å². The number of fused-ring (bicyclic) bond motifs is 1. The van der Waals surface area contributed by atoms with Gasteiger partial charge in [0.15, 0.2) is 0 Å². The van der Waals surface area contributed by atoms with Gasteiger partial charge in [-0.25, -0.2) is 15.0 Å². The molecule has 1 aromatic carbocycles. The zero-order valence-corrected chi connectivity index (χ0v) is 12.8. The Kier molecular flexibility index (Phi) is 3.58. The Morgan fingerprint density at radius 2 is 1.95 bits per heavy atom. The van der Waals surface area contributed by atoms with E-state index in [0.717, 1.165) is 23.0 Å². The van der Waals surface area contributed by atoms with Gasteiger partial charge in [0.1, 0.15) is 0 Å². The molecule has 0 saturated carbocycles. The predicted molar refractivity (Wildman–Crippen MR) is 86.5 cm³/mol. The molecule has 0 amide bonds. The van der Waals surface area contributed by atoms with Crippen molar-refractivity contribution in [2.24, 2.45) is 0 Å². The molecule has 6 nitrogen and oxygen atoms in total. The second-order valence-electron chi connectivity index (χ2n) is 5.20. The first kappa shape index (κ1) is 14.2. The van der Waals surface area contributed by atoms with E-state index < -0.39 is 0 Å². The summed E-state index contributed by atoms with van der Waals surface area (Å²) in [5.41, 5.74) is 3.43. The molecule has 2 N–H and O–H groups in total. The summed E-state index contributed by atoms with van der Waals surface area (Å²) >= 11 is 0. The molecule has 3 aromatic rings. The van der Waals surface area contributed by atoms with Crippen LogP contribution in [0, 0.1) is 13.8 Å². The van der Waals surface area contributed by atoms with Gasteiger partial charge in [-0.15, -0.1) is 0 Å². The molecule has 0 aliphatic carbocycles. The molecule has 2 aromatic heterocycles. The highest BCUT2D eigenvalue weighted by Gasteiger charge is 2.07. The van der Waals surface area contributed by atoms with E-state index in [2.05, 4.69) is 44.3 Å². The molecule has 0 bridgehead atoms. The minimum atomic E-state index is -0.208. The highest BCUT2D eigenvalue weighted by Crippen LogP contribution is 2.20. The van der Waals surface area contributed by atoms with Gasteiger partial charge in [-0.1, -0.05) is 13.0 Å². The maximum Gasteiger partial charge on any atom is 0.252 e. The van der Waals surface area contributed by atoms with Gasteiger partial charge in [0.05, 0.1) is 11.2 Å². The number of benzene rings is 1. The molecule has 3 rings (SSSR count). The Labute approximate surface area is 127 Å². The summed E-state index contributed by atoms with van der Waals surface area (Å²) in [4.78, 5) is 27.2. The smallest absolute Gasteiger partial charge is 0.252 e. The average Bonchev–Trinajstić information content (AvgIpc) is 2.46. The van der Waals surface area contributed by atoms with Crippen molar-refractivity contribution in [3.8, 4) is 0 Å². The van der Waals surface area contributed by atoms with Crippen molar-refractivity contribution in [3.05, 3.63) is 51.6 Å². The fourth-order valence-electron chi connectivity index (χ4n) is 2.35. The van der Waals surface area contributed by atoms with Gasteiger partial charge in [0, 0.05) is 17.1 Å². The number of nitrogens with zero attached hydrogens (tertiary/aromatic N) is 3. The maximum atomic E-state index is 11.5. The Morgan fingerprint density at radius 1 is 1.14 bits per heavy atom. The van der Waals surface area contributed by atoms with E-state index in [1.165, 1.54) is 11.6 Å². The SMILES string of the molecule is CCc1ccc2nc(Nc3nc(C)cc(=O)[nH]3)nc(C)c2c1. The van der Waals surface area contributed by atoms with Gasteiger partial charge in [0.2, 0.25) is 11.9 Å². The van der Waals surface area contributed by atoms with Crippen LogP contribution in [0.1, 0.15) is 23.9 Å². The van der Waals surface area contributed by atoms with Crippen molar-refractivity contribution < 1.29 is 0 Å². The normalized spacial score (nSPS) is 10.9. The summed E-state index contributed by atoms with van der Waals surface area (Å²) in [6, 6.07) is 7.59. The molecule has 0 saturated heterocycles. The second-order valence-corrected chi connectivity index (χ2v) is 5.20. The minimum Gasteiger partial charge on any atom is -0.294 e. The lowest BCUT2D eigenvalue weighted by Crippen LogP contribution is -2.12. The number of aromatic amines is 1. The number of aromatic nitrogens is 4. The number of nitrogens with one attached hydrogen (secondary N) is 2. The number of anilines is 2. The molecular weight excluding hydrogens is 278 g/mol. The van der Waals surface area contributed by atoms with E-state index >= 15 is 0 Å². The molecule has 22 heavy (non-hydrogen) atoms. The van der Waals surface area contributed by atoms with E-state index in [0.29, 0.717) is 17.6 Å². The highest BCUT2D eigenvalue weighted by atomic mass is 16.1. The zero-order valence-electron chi connectivity index (χ0n) is 12.8. The lowest BCUT2D eigenvalue weighted by Gasteiger charge is -2.08. The molecule has 0 aliphatic heterocycles. The van der Waals surface area contributed by atoms with E-state index in [-0.39, 0.29) is 5.56 Å². The lowest BCUT2D eigenvalue weighted by atomic mass is 10.1. The first-order valence-corrected chi connectivity index (χ1v) is 7.17. The van der Waals surface area contributed by atoms with Gasteiger partial charge in [0.25, 0.3) is 5.56 Å². The van der Waals surface area contributed by atoms with Crippen LogP contribution < -0.4 is 10.9 Å². The first-order chi connectivity index (χ1) is 10.5. The topological polar surface area (TPSA) is 83.6 Å². The van der Waals surface area contributed by atoms with Crippen LogP contribution in [0.4, 0.5) is 11.9 Å². The van der Waals surface area contributed by atoms with Crippen LogP contribution in [0.15, 0.2) is 29.1 Å². The standard InChI is InChI=1S/C16H17N5O/c1-4-11-5-6-13-12(8-11)10(3)18-16(19-13)21-15-17-9(2)7-14(22)20-15/h5-8H,4H2,1-3H3,(H2,17,18,19,20,21,22). The molecular formula is C16H17N5O. The van der Waals surface area contributed by atoms with Crippen molar-refractivity contribution in [2.45, 2.75) is 27.2 Å². The van der Waals surface area contributed by atoms with Crippen LogP contribution in [-0.2, 0) is 6.42 Å². The second kappa shape index (κ2) is 5.55. The number of aryl methyl sites for hydroxylation is 3. The van der Waals surface area contributed by atoms with Crippen LogP contribution in [0.3, 0.4) is 0 Å². The van der Waals surface area contributed by atoms with Crippen LogP contribution in [0.5, 0.6) is 0 Å². The maximum absolute atomic E-state index is 11.5. The molecule has 0 radical (unpaired) electrons. The van der Waals surface area contributed by atoms with Crippen molar-refractivity contribution in [2.75, 3.05) is 5.32 Å². The number of hydrogen-bond acceptors (Lipinski definition) is 5. The molecule has 0 spiro atoms. The van der Waals surface area contributed by atoms with E-state index in [9.17, 15) is 4.79 Å². The fraction of sp³-hybridized carbons (Fsp3) is 0.250. The summed E-state index contributed by atoms with van der Waals surface area (Å²) in [5, 5.41) is 4.00. The Balaban J connectivity index is 2.03. The number of hydrogen-bond donors (Lipinski definition) is 2. The summed E-state index contributed by atoms with van der Waals surface area (Å²) in [5.74, 6) is 0.761. The molecule has 0 aliphatic rings. The largest absolute Gasteiger partial charge is 0.294 e. The van der Waals surface area contributed by atoms with E-state index in [1.54, 1.807) is 6.92 Å². The lowest BCUT2D eigenvalue weighted by molar-refractivity contribution is 1.05. The van der Waals surface area contributed by atoms with Gasteiger partial charge in [-0.2, -0.15) is 0 Å².